The molecule has 7 heteroatoms. The molecule has 0 radical (unpaired) electrons. The van der Waals surface area contributed by atoms with E-state index in [9.17, 15) is 15.3 Å². The molecule has 0 bridgehead atoms. The second-order valence-electron chi connectivity index (χ2n) is 13.6. The quantitative estimate of drug-likeness (QED) is 0.0932. The average Bonchev–Trinajstić information content (AvgIpc) is 3.17. The van der Waals surface area contributed by atoms with Crippen LogP contribution in [0.2, 0.25) is 0 Å². The lowest BCUT2D eigenvalue weighted by Gasteiger charge is -2.27. The van der Waals surface area contributed by atoms with Gasteiger partial charge in [0.2, 0.25) is 0 Å². The van der Waals surface area contributed by atoms with Gasteiger partial charge >= 0.3 is 0 Å². The van der Waals surface area contributed by atoms with Gasteiger partial charge in [-0.15, -0.1) is 0 Å². The summed E-state index contributed by atoms with van der Waals surface area (Å²) in [5, 5.41) is 64.9. The number of hydrogen-bond acceptors (Lipinski definition) is 7. The van der Waals surface area contributed by atoms with Crippen LogP contribution in [0.3, 0.4) is 0 Å². The average molecular weight is 737 g/mol. The largest absolute Gasteiger partial charge is 0.508 e. The monoisotopic (exact) mass is 736 g/mol. The Labute approximate surface area is 323 Å². The van der Waals surface area contributed by atoms with Crippen molar-refractivity contribution < 1.29 is 35.7 Å². The second kappa shape index (κ2) is 19.3. The zero-order chi connectivity index (χ0) is 40.0. The smallest absolute Gasteiger partial charge is 0.123 e. The molecule has 0 unspecified atom stereocenters. The molecule has 282 valence electrons. The van der Waals surface area contributed by atoms with Gasteiger partial charge in [-0.1, -0.05) is 104 Å². The standard InChI is InChI=1S/C21H20O3.C13H12O2.2C7H8O/c1-21(2,15-5-10-18(23)11-6-15)16-7-12-20(24)19(13-16)14-3-8-17(22)9-4-14;14-12-5-1-10(2-6-12)9-11-3-7-13(15)8-4-11;2*1-6-2-4-7(8)5-3-6/h3-13,22-24H,1-2H3;1-8,14-15H,9H2;2*2-5,8H,1H3. The van der Waals surface area contributed by atoms with Crippen molar-refractivity contribution in [2.24, 2.45) is 0 Å². The lowest BCUT2D eigenvalue weighted by molar-refractivity contribution is 0.473. The van der Waals surface area contributed by atoms with Crippen molar-refractivity contribution in [3.63, 3.8) is 0 Å². The molecule has 7 aromatic carbocycles. The first kappa shape index (κ1) is 40.9. The van der Waals surface area contributed by atoms with E-state index in [0.717, 1.165) is 39.8 Å². The van der Waals surface area contributed by atoms with Crippen molar-refractivity contribution in [3.05, 3.63) is 197 Å². The van der Waals surface area contributed by atoms with Gasteiger partial charge in [0.15, 0.2) is 0 Å². The highest BCUT2D eigenvalue weighted by Crippen LogP contribution is 2.38. The molecular weight excluding hydrogens is 689 g/mol. The Kier molecular flexibility index (Phi) is 14.3. The van der Waals surface area contributed by atoms with Gasteiger partial charge < -0.3 is 35.7 Å². The summed E-state index contributed by atoms with van der Waals surface area (Å²) in [6, 6.07) is 48.0. The van der Waals surface area contributed by atoms with Gasteiger partial charge in [0.05, 0.1) is 0 Å². The van der Waals surface area contributed by atoms with Crippen LogP contribution in [0, 0.1) is 13.8 Å². The highest BCUT2D eigenvalue weighted by Gasteiger charge is 2.24. The molecule has 55 heavy (non-hydrogen) atoms. The highest BCUT2D eigenvalue weighted by molar-refractivity contribution is 5.72. The molecule has 0 saturated carbocycles. The number of aromatic hydroxyl groups is 7. The molecule has 0 fully saturated rings. The zero-order valence-electron chi connectivity index (χ0n) is 31.4. The first-order valence-corrected chi connectivity index (χ1v) is 17.7. The summed E-state index contributed by atoms with van der Waals surface area (Å²) in [5.41, 5.74) is 8.01. The van der Waals surface area contributed by atoms with Crippen molar-refractivity contribution in [2.45, 2.75) is 39.5 Å². The maximum absolute atomic E-state index is 10.2. The van der Waals surface area contributed by atoms with Crippen molar-refractivity contribution in [1.29, 1.82) is 0 Å². The number of aryl methyl sites for hydroxylation is 2. The van der Waals surface area contributed by atoms with Crippen molar-refractivity contribution in [2.75, 3.05) is 0 Å². The number of hydrogen-bond donors (Lipinski definition) is 7. The summed E-state index contributed by atoms with van der Waals surface area (Å²) >= 11 is 0. The van der Waals surface area contributed by atoms with Crippen molar-refractivity contribution in [1.82, 2.24) is 0 Å². The van der Waals surface area contributed by atoms with Crippen LogP contribution in [-0.4, -0.2) is 35.7 Å². The molecule has 0 atom stereocenters. The molecule has 7 rings (SSSR count). The van der Waals surface area contributed by atoms with Crippen LogP contribution in [0.1, 0.15) is 47.2 Å². The predicted octanol–water partition coefficient (Wildman–Crippen LogP) is 10.9. The maximum Gasteiger partial charge on any atom is 0.123 e. The fourth-order valence-electron chi connectivity index (χ4n) is 5.39. The minimum Gasteiger partial charge on any atom is -0.508 e. The molecule has 0 heterocycles. The predicted molar refractivity (Wildman–Crippen MR) is 220 cm³/mol. The molecule has 7 nitrogen and oxygen atoms in total. The lowest BCUT2D eigenvalue weighted by atomic mass is 9.77. The second-order valence-corrected chi connectivity index (χ2v) is 13.6. The van der Waals surface area contributed by atoms with E-state index in [4.69, 9.17) is 20.4 Å². The van der Waals surface area contributed by atoms with Crippen molar-refractivity contribution in [3.8, 4) is 51.4 Å². The normalized spacial score (nSPS) is 10.4. The van der Waals surface area contributed by atoms with Crippen LogP contribution >= 0.6 is 0 Å². The molecule has 0 aliphatic heterocycles. The Hall–Kier alpha value is -6.86. The molecule has 0 aromatic heterocycles. The van der Waals surface area contributed by atoms with Gasteiger partial charge in [-0.25, -0.2) is 0 Å². The van der Waals surface area contributed by atoms with Gasteiger partial charge in [-0.05, 0) is 133 Å². The van der Waals surface area contributed by atoms with E-state index in [0.29, 0.717) is 11.5 Å². The zero-order valence-corrected chi connectivity index (χ0v) is 31.4. The van der Waals surface area contributed by atoms with Crippen LogP contribution in [0.5, 0.6) is 40.2 Å². The Bertz CT molecular complexity index is 2060. The molecule has 0 aliphatic carbocycles. The van der Waals surface area contributed by atoms with Crippen molar-refractivity contribution >= 4 is 0 Å². The van der Waals surface area contributed by atoms with Crippen LogP contribution < -0.4 is 0 Å². The summed E-state index contributed by atoms with van der Waals surface area (Å²) in [4.78, 5) is 0. The van der Waals surface area contributed by atoms with E-state index in [2.05, 4.69) is 13.8 Å². The Morgan fingerprint density at radius 1 is 0.364 bits per heavy atom. The third-order valence-corrected chi connectivity index (χ3v) is 8.83. The van der Waals surface area contributed by atoms with E-state index in [1.165, 1.54) is 11.1 Å². The van der Waals surface area contributed by atoms with E-state index in [1.54, 1.807) is 91.0 Å². The molecule has 0 spiro atoms. The van der Waals surface area contributed by atoms with Crippen LogP contribution in [-0.2, 0) is 11.8 Å². The minimum absolute atomic E-state index is 0.193. The first-order chi connectivity index (χ1) is 26.2. The highest BCUT2D eigenvalue weighted by atomic mass is 16.3. The number of benzene rings is 7. The first-order valence-electron chi connectivity index (χ1n) is 17.7. The summed E-state index contributed by atoms with van der Waals surface area (Å²) in [6.45, 7) is 8.18. The Balaban J connectivity index is 0.000000183. The lowest BCUT2D eigenvalue weighted by Crippen LogP contribution is -2.18. The molecular formula is C48H48O7. The fraction of sp³-hybridized carbons (Fsp3) is 0.125. The van der Waals surface area contributed by atoms with E-state index < -0.39 is 0 Å². The summed E-state index contributed by atoms with van der Waals surface area (Å²) in [6.07, 6.45) is 0.806. The number of rotatable bonds is 5. The molecule has 0 amide bonds. The SMILES string of the molecule is CC(C)(c1ccc(O)cc1)c1ccc(O)c(-c2ccc(O)cc2)c1.Cc1ccc(O)cc1.Cc1ccc(O)cc1.Oc1ccc(Cc2ccc(O)cc2)cc1. The van der Waals surface area contributed by atoms with Crippen LogP contribution in [0.25, 0.3) is 11.1 Å². The van der Waals surface area contributed by atoms with E-state index in [1.807, 2.05) is 86.6 Å². The Morgan fingerprint density at radius 3 is 1.04 bits per heavy atom. The minimum atomic E-state index is -0.285. The Morgan fingerprint density at radius 2 is 0.673 bits per heavy atom. The van der Waals surface area contributed by atoms with Gasteiger partial charge in [0.25, 0.3) is 0 Å². The van der Waals surface area contributed by atoms with Crippen LogP contribution in [0.15, 0.2) is 164 Å². The molecule has 7 aromatic rings. The van der Waals surface area contributed by atoms with E-state index in [-0.39, 0.29) is 34.2 Å². The number of phenols is 7. The third kappa shape index (κ3) is 12.9. The fourth-order valence-corrected chi connectivity index (χ4v) is 5.39. The molecule has 0 saturated heterocycles. The topological polar surface area (TPSA) is 142 Å². The third-order valence-electron chi connectivity index (χ3n) is 8.83. The number of phenolic OH excluding ortho intramolecular Hbond substituents is 7. The summed E-state index contributed by atoms with van der Waals surface area (Å²) in [7, 11) is 0. The molecule has 7 N–H and O–H groups in total. The van der Waals surface area contributed by atoms with Gasteiger partial charge in [0.1, 0.15) is 40.2 Å². The summed E-state index contributed by atoms with van der Waals surface area (Å²) in [5.74, 6) is 1.86. The summed E-state index contributed by atoms with van der Waals surface area (Å²) < 4.78 is 0. The van der Waals surface area contributed by atoms with E-state index >= 15 is 0 Å². The maximum atomic E-state index is 10.2. The van der Waals surface area contributed by atoms with Gasteiger partial charge in [-0.3, -0.25) is 0 Å². The van der Waals surface area contributed by atoms with Gasteiger partial charge in [0, 0.05) is 11.0 Å². The molecule has 0 aliphatic rings. The van der Waals surface area contributed by atoms with Crippen LogP contribution in [0.4, 0.5) is 0 Å². The van der Waals surface area contributed by atoms with Gasteiger partial charge in [-0.2, -0.15) is 0 Å².